The summed E-state index contributed by atoms with van der Waals surface area (Å²) in [5.41, 5.74) is 2.50. The van der Waals surface area contributed by atoms with Crippen LogP contribution < -0.4 is 15.5 Å². The van der Waals surface area contributed by atoms with E-state index in [0.717, 1.165) is 18.3 Å². The fourth-order valence-electron chi connectivity index (χ4n) is 2.37. The lowest BCUT2D eigenvalue weighted by Gasteiger charge is -2.17. The second-order valence-electron chi connectivity index (χ2n) is 6.04. The Hall–Kier alpha value is -1.83. The summed E-state index contributed by atoms with van der Waals surface area (Å²) in [5, 5.41) is 6.74. The molecule has 0 aliphatic rings. The quantitative estimate of drug-likeness (QED) is 0.401. The van der Waals surface area contributed by atoms with Crippen LogP contribution in [0.1, 0.15) is 24.0 Å². The summed E-state index contributed by atoms with van der Waals surface area (Å²) < 4.78 is 0. The van der Waals surface area contributed by atoms with Crippen LogP contribution in [0, 0.1) is 0 Å². The predicted molar refractivity (Wildman–Crippen MR) is 117 cm³/mol. The highest BCUT2D eigenvalue weighted by atomic mass is 127. The topological polar surface area (TPSA) is 52.6 Å². The highest BCUT2D eigenvalue weighted by Crippen LogP contribution is 2.13. The van der Waals surface area contributed by atoms with Gasteiger partial charge in [0.05, 0.1) is 0 Å². The van der Waals surface area contributed by atoms with Crippen molar-refractivity contribution in [1.82, 2.24) is 15.6 Å². The second kappa shape index (κ2) is 10.9. The minimum atomic E-state index is 0. The van der Waals surface area contributed by atoms with Gasteiger partial charge in [-0.1, -0.05) is 37.3 Å². The van der Waals surface area contributed by atoms with Crippen LogP contribution in [0.5, 0.6) is 0 Å². The third-order valence-electron chi connectivity index (χ3n) is 3.90. The fraction of sp³-hybridized carbons (Fsp3) is 0.368. The van der Waals surface area contributed by atoms with Crippen molar-refractivity contribution in [1.29, 1.82) is 0 Å². The van der Waals surface area contributed by atoms with Crippen molar-refractivity contribution in [3.8, 4) is 0 Å². The maximum Gasteiger partial charge on any atom is 0.191 e. The minimum absolute atomic E-state index is 0. The molecule has 136 valence electrons. The molecule has 25 heavy (non-hydrogen) atoms. The van der Waals surface area contributed by atoms with Gasteiger partial charge in [-0.05, 0) is 29.2 Å². The van der Waals surface area contributed by atoms with Crippen molar-refractivity contribution in [3.63, 3.8) is 0 Å². The zero-order valence-electron chi connectivity index (χ0n) is 15.4. The van der Waals surface area contributed by atoms with E-state index in [0.29, 0.717) is 12.5 Å². The number of benzene rings is 1. The Labute approximate surface area is 168 Å². The molecule has 0 fully saturated rings. The van der Waals surface area contributed by atoms with Gasteiger partial charge in [-0.25, -0.2) is 4.98 Å². The fourth-order valence-corrected chi connectivity index (χ4v) is 2.37. The molecule has 6 heteroatoms. The van der Waals surface area contributed by atoms with Crippen molar-refractivity contribution in [2.45, 2.75) is 19.4 Å². The molecule has 0 bridgehead atoms. The van der Waals surface area contributed by atoms with Gasteiger partial charge in [-0.2, -0.15) is 0 Å². The van der Waals surface area contributed by atoms with Gasteiger partial charge in [0.25, 0.3) is 0 Å². The summed E-state index contributed by atoms with van der Waals surface area (Å²) in [6.07, 6.45) is 1.83. The van der Waals surface area contributed by atoms with Crippen molar-refractivity contribution < 1.29 is 0 Å². The second-order valence-corrected chi connectivity index (χ2v) is 6.04. The van der Waals surface area contributed by atoms with Gasteiger partial charge in [0, 0.05) is 40.4 Å². The zero-order valence-corrected chi connectivity index (χ0v) is 17.7. The Morgan fingerprint density at radius 1 is 1.16 bits per heavy atom. The number of rotatable bonds is 6. The van der Waals surface area contributed by atoms with E-state index in [9.17, 15) is 0 Å². The maximum absolute atomic E-state index is 4.33. The molecule has 0 saturated heterocycles. The first-order valence-electron chi connectivity index (χ1n) is 8.22. The maximum atomic E-state index is 4.33. The summed E-state index contributed by atoms with van der Waals surface area (Å²) >= 11 is 0. The van der Waals surface area contributed by atoms with Gasteiger partial charge in [-0.15, -0.1) is 24.0 Å². The molecule has 2 rings (SSSR count). The van der Waals surface area contributed by atoms with Gasteiger partial charge >= 0.3 is 0 Å². The molecular weight excluding hydrogens is 425 g/mol. The number of hydrogen-bond acceptors (Lipinski definition) is 3. The van der Waals surface area contributed by atoms with Crippen LogP contribution in [-0.2, 0) is 6.54 Å². The molecule has 2 aromatic rings. The number of halogens is 1. The standard InChI is InChI=1S/C19H27N5.HI/c1-15(17-8-6-5-7-9-17)13-22-19(20-2)23-14-16-10-11-21-18(12-16)24(3)4;/h5-12,15H,13-14H2,1-4H3,(H2,20,22,23);1H. The number of nitrogens with zero attached hydrogens (tertiary/aromatic N) is 3. The number of nitrogens with one attached hydrogen (secondary N) is 2. The highest BCUT2D eigenvalue weighted by Gasteiger charge is 2.06. The third kappa shape index (κ3) is 6.89. The number of anilines is 1. The monoisotopic (exact) mass is 453 g/mol. The Bertz CT molecular complexity index is 658. The first-order chi connectivity index (χ1) is 11.6. The lowest BCUT2D eigenvalue weighted by Crippen LogP contribution is -2.38. The van der Waals surface area contributed by atoms with Gasteiger partial charge in [-0.3, -0.25) is 4.99 Å². The van der Waals surface area contributed by atoms with Crippen molar-refractivity contribution in [2.24, 2.45) is 4.99 Å². The average Bonchev–Trinajstić information content (AvgIpc) is 2.62. The van der Waals surface area contributed by atoms with Gasteiger partial charge in [0.2, 0.25) is 0 Å². The molecule has 1 aromatic heterocycles. The van der Waals surface area contributed by atoms with Crippen molar-refractivity contribution >= 4 is 35.8 Å². The molecule has 0 amide bonds. The molecule has 5 nitrogen and oxygen atoms in total. The number of guanidine groups is 1. The van der Waals surface area contributed by atoms with Crippen LogP contribution in [0.2, 0.25) is 0 Å². The molecule has 0 aliphatic heterocycles. The zero-order chi connectivity index (χ0) is 17.4. The molecular formula is C19H28IN5. The molecule has 1 aromatic carbocycles. The van der Waals surface area contributed by atoms with Gasteiger partial charge < -0.3 is 15.5 Å². The third-order valence-corrected chi connectivity index (χ3v) is 3.90. The minimum Gasteiger partial charge on any atom is -0.363 e. The summed E-state index contributed by atoms with van der Waals surface area (Å²) in [5.74, 6) is 2.18. The van der Waals surface area contributed by atoms with Crippen LogP contribution >= 0.6 is 24.0 Å². The SMILES string of the molecule is CN=C(NCc1ccnc(N(C)C)c1)NCC(C)c1ccccc1.I. The van der Waals surface area contributed by atoms with E-state index in [1.807, 2.05) is 37.3 Å². The summed E-state index contributed by atoms with van der Waals surface area (Å²) in [6.45, 7) is 3.76. The van der Waals surface area contributed by atoms with E-state index in [4.69, 9.17) is 0 Å². The number of aliphatic imine (C=N–C) groups is 1. The van der Waals surface area contributed by atoms with Crippen LogP contribution in [0.25, 0.3) is 0 Å². The van der Waals surface area contributed by atoms with Crippen molar-refractivity contribution in [3.05, 3.63) is 59.8 Å². The van der Waals surface area contributed by atoms with E-state index >= 15 is 0 Å². The molecule has 0 saturated carbocycles. The highest BCUT2D eigenvalue weighted by molar-refractivity contribution is 14.0. The molecule has 0 radical (unpaired) electrons. The normalized spacial score (nSPS) is 12.1. The lowest BCUT2D eigenvalue weighted by atomic mass is 10.0. The molecule has 1 atom stereocenters. The largest absolute Gasteiger partial charge is 0.363 e. The number of aromatic nitrogens is 1. The van der Waals surface area contributed by atoms with E-state index < -0.39 is 0 Å². The number of pyridine rings is 1. The molecule has 0 aliphatic carbocycles. The summed E-state index contributed by atoms with van der Waals surface area (Å²) in [4.78, 5) is 10.6. The van der Waals surface area contributed by atoms with Crippen LogP contribution in [-0.4, -0.2) is 38.6 Å². The van der Waals surface area contributed by atoms with Crippen molar-refractivity contribution in [2.75, 3.05) is 32.6 Å². The Balaban J connectivity index is 0.00000312. The smallest absolute Gasteiger partial charge is 0.191 e. The molecule has 2 N–H and O–H groups in total. The van der Waals surface area contributed by atoms with E-state index in [1.54, 1.807) is 7.05 Å². The molecule has 1 heterocycles. The predicted octanol–water partition coefficient (Wildman–Crippen LogP) is 3.23. The van der Waals surface area contributed by atoms with E-state index in [-0.39, 0.29) is 24.0 Å². The molecule has 0 spiro atoms. The van der Waals surface area contributed by atoms with Crippen LogP contribution in [0.4, 0.5) is 5.82 Å². The van der Waals surface area contributed by atoms with Gasteiger partial charge in [0.15, 0.2) is 5.96 Å². The summed E-state index contributed by atoms with van der Waals surface area (Å²) in [7, 11) is 5.77. The average molecular weight is 453 g/mol. The summed E-state index contributed by atoms with van der Waals surface area (Å²) in [6, 6.07) is 14.6. The van der Waals surface area contributed by atoms with E-state index in [2.05, 4.69) is 57.9 Å². The van der Waals surface area contributed by atoms with Crippen LogP contribution in [0.15, 0.2) is 53.7 Å². The van der Waals surface area contributed by atoms with E-state index in [1.165, 1.54) is 11.1 Å². The Kier molecular flexibility index (Phi) is 9.26. The lowest BCUT2D eigenvalue weighted by molar-refractivity contribution is 0.699. The Morgan fingerprint density at radius 3 is 2.52 bits per heavy atom. The van der Waals surface area contributed by atoms with Crippen LogP contribution in [0.3, 0.4) is 0 Å². The first kappa shape index (κ1) is 21.2. The molecule has 1 unspecified atom stereocenters. The first-order valence-corrected chi connectivity index (χ1v) is 8.22. The Morgan fingerprint density at radius 2 is 1.88 bits per heavy atom. The number of hydrogen-bond donors (Lipinski definition) is 2. The van der Waals surface area contributed by atoms with Gasteiger partial charge in [0.1, 0.15) is 5.82 Å².